The van der Waals surface area contributed by atoms with E-state index in [-0.39, 0.29) is 16.9 Å². The number of nitrogens with one attached hydrogen (secondary N) is 2. The Hall–Kier alpha value is -3.49. The van der Waals surface area contributed by atoms with Crippen LogP contribution in [0.3, 0.4) is 0 Å². The van der Waals surface area contributed by atoms with E-state index in [1.807, 2.05) is 0 Å². The van der Waals surface area contributed by atoms with Gasteiger partial charge in [0.1, 0.15) is 0 Å². The summed E-state index contributed by atoms with van der Waals surface area (Å²) in [5.74, 6) is -0.525. The third-order valence-electron chi connectivity index (χ3n) is 3.66. The number of nitrogens with zero attached hydrogens (tertiary/aromatic N) is 3. The van der Waals surface area contributed by atoms with Gasteiger partial charge >= 0.3 is 0 Å². The van der Waals surface area contributed by atoms with Crippen LogP contribution in [0.1, 0.15) is 16.1 Å². The number of anilines is 1. The highest BCUT2D eigenvalue weighted by Gasteiger charge is 2.18. The molecule has 0 saturated carbocycles. The van der Waals surface area contributed by atoms with Gasteiger partial charge in [0.2, 0.25) is 0 Å². The third-order valence-corrected chi connectivity index (χ3v) is 3.66. The Morgan fingerprint density at radius 3 is 2.83 bits per heavy atom. The van der Waals surface area contributed by atoms with Crippen molar-refractivity contribution in [3.05, 3.63) is 62.2 Å². The molecule has 2 N–H and O–H groups in total. The van der Waals surface area contributed by atoms with E-state index in [9.17, 15) is 19.7 Å². The number of fused-ring (bicyclic) bond motifs is 1. The molecule has 0 radical (unpaired) electrons. The number of amides is 1. The molecular weight excluding hydrogens is 314 g/mol. The number of hydrogen-bond donors (Lipinski definition) is 2. The zero-order valence-corrected chi connectivity index (χ0v) is 12.9. The fraction of sp³-hybridized carbons (Fsp3) is 0.133. The predicted octanol–water partition coefficient (Wildman–Crippen LogP) is 1.73. The van der Waals surface area contributed by atoms with Crippen molar-refractivity contribution >= 4 is 28.2 Å². The second-order valence-electron chi connectivity index (χ2n) is 5.33. The van der Waals surface area contributed by atoms with Gasteiger partial charge in [0.25, 0.3) is 17.2 Å². The lowest BCUT2D eigenvalue weighted by molar-refractivity contribution is -0.384. The minimum Gasteiger partial charge on any atom is -0.319 e. The molecule has 3 aromatic rings. The monoisotopic (exact) mass is 327 g/mol. The number of benzene rings is 1. The van der Waals surface area contributed by atoms with Crippen molar-refractivity contribution in [3.8, 4) is 0 Å². The van der Waals surface area contributed by atoms with Crippen LogP contribution in [-0.4, -0.2) is 25.6 Å². The summed E-state index contributed by atoms with van der Waals surface area (Å²) >= 11 is 0. The number of aryl methyl sites for hydroxylation is 2. The molecule has 0 unspecified atom stereocenters. The maximum absolute atomic E-state index is 12.5. The predicted molar refractivity (Wildman–Crippen MR) is 87.1 cm³/mol. The Labute approximate surface area is 135 Å². The molecule has 1 amide bonds. The number of nitro benzene ring substituents is 1. The van der Waals surface area contributed by atoms with Crippen molar-refractivity contribution < 1.29 is 9.72 Å². The van der Waals surface area contributed by atoms with E-state index < -0.39 is 10.8 Å². The number of pyridine rings is 1. The van der Waals surface area contributed by atoms with Crippen LogP contribution in [-0.2, 0) is 7.05 Å². The minimum absolute atomic E-state index is 0.0435. The summed E-state index contributed by atoms with van der Waals surface area (Å²) in [6.45, 7) is 1.70. The number of non-ortho nitro benzene ring substituents is 1. The molecule has 9 heteroatoms. The van der Waals surface area contributed by atoms with Crippen molar-refractivity contribution in [2.45, 2.75) is 6.92 Å². The van der Waals surface area contributed by atoms with Gasteiger partial charge in [-0.3, -0.25) is 24.8 Å². The van der Waals surface area contributed by atoms with Gasteiger partial charge in [0, 0.05) is 36.8 Å². The molecule has 9 nitrogen and oxygen atoms in total. The number of hydrogen-bond acceptors (Lipinski definition) is 5. The average Bonchev–Trinajstić information content (AvgIpc) is 2.95. The Morgan fingerprint density at radius 2 is 2.12 bits per heavy atom. The van der Waals surface area contributed by atoms with Gasteiger partial charge in [-0.25, -0.2) is 0 Å². The highest BCUT2D eigenvalue weighted by molar-refractivity contribution is 6.11. The zero-order valence-electron chi connectivity index (χ0n) is 12.9. The summed E-state index contributed by atoms with van der Waals surface area (Å²) in [7, 11) is 1.57. The van der Waals surface area contributed by atoms with Gasteiger partial charge in [0.05, 0.1) is 16.1 Å². The summed E-state index contributed by atoms with van der Waals surface area (Å²) in [6, 6.07) is 5.53. The summed E-state index contributed by atoms with van der Waals surface area (Å²) in [5.41, 5.74) is 1.31. The summed E-state index contributed by atoms with van der Waals surface area (Å²) in [5, 5.41) is 20.5. The molecule has 0 aliphatic heterocycles. The van der Waals surface area contributed by atoms with E-state index in [4.69, 9.17) is 0 Å². The van der Waals surface area contributed by atoms with Crippen LogP contribution >= 0.6 is 0 Å². The quantitative estimate of drug-likeness (QED) is 0.560. The summed E-state index contributed by atoms with van der Waals surface area (Å²) < 4.78 is 1.34. The van der Waals surface area contributed by atoms with Crippen molar-refractivity contribution in [3.63, 3.8) is 0 Å². The highest BCUT2D eigenvalue weighted by Crippen LogP contribution is 2.23. The zero-order chi connectivity index (χ0) is 17.4. The fourth-order valence-electron chi connectivity index (χ4n) is 2.32. The lowest BCUT2D eigenvalue weighted by Gasteiger charge is -2.08. The van der Waals surface area contributed by atoms with Gasteiger partial charge in [-0.05, 0) is 18.6 Å². The lowest BCUT2D eigenvalue weighted by atomic mass is 10.1. The molecule has 0 spiro atoms. The van der Waals surface area contributed by atoms with E-state index in [1.54, 1.807) is 14.0 Å². The maximum Gasteiger partial charge on any atom is 0.276 e. The molecule has 0 bridgehead atoms. The number of H-pyrrole nitrogens is 1. The first-order chi connectivity index (χ1) is 11.4. The topological polar surface area (TPSA) is 123 Å². The Kier molecular flexibility index (Phi) is 3.60. The Morgan fingerprint density at radius 1 is 1.38 bits per heavy atom. The molecule has 122 valence electrons. The number of carbonyl (C=O) groups is 1. The number of carbonyl (C=O) groups excluding carboxylic acids is 1. The Bertz CT molecular complexity index is 1030. The molecule has 0 fully saturated rings. The van der Waals surface area contributed by atoms with Gasteiger partial charge in [-0.1, -0.05) is 0 Å². The molecule has 0 saturated heterocycles. The van der Waals surface area contributed by atoms with Crippen molar-refractivity contribution in [2.24, 2.45) is 7.05 Å². The minimum atomic E-state index is -0.536. The largest absolute Gasteiger partial charge is 0.319 e. The molecule has 0 aliphatic carbocycles. The summed E-state index contributed by atoms with van der Waals surface area (Å²) in [6.07, 6.45) is 1.51. The number of rotatable bonds is 3. The molecule has 1 aromatic carbocycles. The first kappa shape index (κ1) is 15.4. The molecular formula is C15H13N5O4. The number of nitro groups is 1. The first-order valence-corrected chi connectivity index (χ1v) is 6.98. The second-order valence-corrected chi connectivity index (χ2v) is 5.33. The van der Waals surface area contributed by atoms with Crippen molar-refractivity contribution in [1.82, 2.24) is 14.8 Å². The van der Waals surface area contributed by atoms with Crippen LogP contribution in [0.5, 0.6) is 0 Å². The maximum atomic E-state index is 12.5. The smallest absolute Gasteiger partial charge is 0.276 e. The standard InChI is InChI=1S/C15H13N5O4/c1-8-5-13(21)19(2)7-12(8)16-15(22)14-10-6-9(20(23)24)3-4-11(10)17-18-14/h3-7H,1-2H3,(H,16,22)(H,17,18). The lowest BCUT2D eigenvalue weighted by Crippen LogP contribution is -2.20. The van der Waals surface area contributed by atoms with Gasteiger partial charge in [0.15, 0.2) is 5.69 Å². The summed E-state index contributed by atoms with van der Waals surface area (Å²) in [4.78, 5) is 34.4. The molecule has 2 aromatic heterocycles. The van der Waals surface area contributed by atoms with Crippen molar-refractivity contribution in [1.29, 1.82) is 0 Å². The molecule has 3 rings (SSSR count). The van der Waals surface area contributed by atoms with E-state index in [0.29, 0.717) is 22.2 Å². The van der Waals surface area contributed by atoms with Crippen LogP contribution in [0.25, 0.3) is 10.9 Å². The van der Waals surface area contributed by atoms with Crippen LogP contribution in [0.15, 0.2) is 35.3 Å². The van der Waals surface area contributed by atoms with E-state index in [0.717, 1.165) is 0 Å². The van der Waals surface area contributed by atoms with Gasteiger partial charge < -0.3 is 9.88 Å². The van der Waals surface area contributed by atoms with Gasteiger partial charge in [-0.15, -0.1) is 0 Å². The van der Waals surface area contributed by atoms with Crippen LogP contribution < -0.4 is 10.9 Å². The molecule has 2 heterocycles. The molecule has 24 heavy (non-hydrogen) atoms. The number of aromatic amines is 1. The molecule has 0 atom stereocenters. The average molecular weight is 327 g/mol. The van der Waals surface area contributed by atoms with Crippen LogP contribution in [0.2, 0.25) is 0 Å². The van der Waals surface area contributed by atoms with Crippen molar-refractivity contribution in [2.75, 3.05) is 5.32 Å². The normalized spacial score (nSPS) is 10.8. The van der Waals surface area contributed by atoms with Gasteiger partial charge in [-0.2, -0.15) is 5.10 Å². The Balaban J connectivity index is 2.00. The second kappa shape index (κ2) is 5.61. The van der Waals surface area contributed by atoms with E-state index >= 15 is 0 Å². The fourth-order valence-corrected chi connectivity index (χ4v) is 2.32. The van der Waals surface area contributed by atoms with E-state index in [1.165, 1.54) is 35.0 Å². The third kappa shape index (κ3) is 2.62. The number of aromatic nitrogens is 3. The SMILES string of the molecule is Cc1cc(=O)n(C)cc1NC(=O)c1n[nH]c2ccc([N+](=O)[O-])cc12. The first-order valence-electron chi connectivity index (χ1n) is 6.98. The van der Waals surface area contributed by atoms with Crippen LogP contribution in [0.4, 0.5) is 11.4 Å². The van der Waals surface area contributed by atoms with Crippen LogP contribution in [0, 0.1) is 17.0 Å². The molecule has 0 aliphatic rings. The highest BCUT2D eigenvalue weighted by atomic mass is 16.6. The van der Waals surface area contributed by atoms with E-state index in [2.05, 4.69) is 15.5 Å².